The van der Waals surface area contributed by atoms with Crippen LogP contribution in [0, 0.1) is 0 Å². The summed E-state index contributed by atoms with van der Waals surface area (Å²) in [5.41, 5.74) is 4.53. The molecule has 4 nitrogen and oxygen atoms in total. The molecular formula is C24H25N3O. The van der Waals surface area contributed by atoms with Crippen molar-refractivity contribution in [2.45, 2.75) is 50.1 Å². The quantitative estimate of drug-likeness (QED) is 0.732. The molecule has 2 aromatic carbocycles. The number of carbonyl (C=O) groups is 1. The maximum Gasteiger partial charge on any atom is 0.231 e. The van der Waals surface area contributed by atoms with Crippen LogP contribution < -0.4 is 5.32 Å². The van der Waals surface area contributed by atoms with Crippen molar-refractivity contribution in [2.24, 2.45) is 0 Å². The Balaban J connectivity index is 1.35. The molecule has 0 bridgehead atoms. The Morgan fingerprint density at radius 3 is 2.50 bits per heavy atom. The molecular weight excluding hydrogens is 346 g/mol. The van der Waals surface area contributed by atoms with Crippen molar-refractivity contribution in [3.05, 3.63) is 89.2 Å². The van der Waals surface area contributed by atoms with Crippen LogP contribution in [0.4, 0.5) is 0 Å². The lowest BCUT2D eigenvalue weighted by molar-refractivity contribution is -0.124. The molecule has 5 rings (SSSR count). The number of hydrogen-bond donors (Lipinski definition) is 1. The Labute approximate surface area is 165 Å². The summed E-state index contributed by atoms with van der Waals surface area (Å²) in [5.74, 6) is 0.173. The van der Waals surface area contributed by atoms with Gasteiger partial charge in [0, 0.05) is 11.3 Å². The monoisotopic (exact) mass is 371 g/mol. The van der Waals surface area contributed by atoms with Crippen LogP contribution in [0.5, 0.6) is 0 Å². The van der Waals surface area contributed by atoms with Gasteiger partial charge in [0.1, 0.15) is 0 Å². The highest BCUT2D eigenvalue weighted by atomic mass is 16.2. The molecule has 0 aliphatic heterocycles. The van der Waals surface area contributed by atoms with Gasteiger partial charge in [-0.25, -0.2) is 0 Å². The summed E-state index contributed by atoms with van der Waals surface area (Å²) in [4.78, 5) is 13.2. The topological polar surface area (TPSA) is 46.9 Å². The van der Waals surface area contributed by atoms with E-state index in [-0.39, 0.29) is 17.4 Å². The van der Waals surface area contributed by atoms with Gasteiger partial charge < -0.3 is 5.32 Å². The van der Waals surface area contributed by atoms with Gasteiger partial charge in [-0.15, -0.1) is 0 Å². The first-order valence-corrected chi connectivity index (χ1v) is 10.2. The Morgan fingerprint density at radius 1 is 1.07 bits per heavy atom. The smallest absolute Gasteiger partial charge is 0.231 e. The zero-order valence-corrected chi connectivity index (χ0v) is 16.0. The number of nitrogens with one attached hydrogen (secondary N) is 1. The Hall–Kier alpha value is -2.88. The average molecular weight is 371 g/mol. The summed E-state index contributed by atoms with van der Waals surface area (Å²) < 4.78 is 2.10. The first kappa shape index (κ1) is 17.2. The molecule has 1 fully saturated rings. The fraction of sp³-hybridized carbons (Fsp3) is 0.333. The number of benzene rings is 2. The van der Waals surface area contributed by atoms with Crippen molar-refractivity contribution >= 4 is 5.91 Å². The largest absolute Gasteiger partial charge is 0.348 e. The number of carbonyl (C=O) groups excluding carboxylic acids is 1. The Morgan fingerprint density at radius 2 is 1.79 bits per heavy atom. The SMILES string of the molecule is O=C(NC1CCCc2c1cnn2Cc1ccccc1)C1(c2ccccc2)CC1. The highest BCUT2D eigenvalue weighted by Crippen LogP contribution is 2.49. The second-order valence-corrected chi connectivity index (χ2v) is 8.06. The molecule has 142 valence electrons. The van der Waals surface area contributed by atoms with E-state index in [4.69, 9.17) is 0 Å². The third kappa shape index (κ3) is 3.03. The van der Waals surface area contributed by atoms with Crippen LogP contribution in [0.25, 0.3) is 0 Å². The Kier molecular flexibility index (Phi) is 4.27. The molecule has 1 heterocycles. The number of aromatic nitrogens is 2. The highest BCUT2D eigenvalue weighted by Gasteiger charge is 2.51. The van der Waals surface area contributed by atoms with Crippen LogP contribution in [0.3, 0.4) is 0 Å². The fourth-order valence-electron chi connectivity index (χ4n) is 4.49. The van der Waals surface area contributed by atoms with Crippen LogP contribution in [-0.4, -0.2) is 15.7 Å². The molecule has 1 atom stereocenters. The summed E-state index contributed by atoms with van der Waals surface area (Å²) in [6.07, 6.45) is 6.94. The molecule has 28 heavy (non-hydrogen) atoms. The van der Waals surface area contributed by atoms with Crippen molar-refractivity contribution in [1.29, 1.82) is 0 Å². The molecule has 4 heteroatoms. The molecule has 0 spiro atoms. The minimum absolute atomic E-state index is 0.0713. The van der Waals surface area contributed by atoms with Crippen LogP contribution >= 0.6 is 0 Å². The number of fused-ring (bicyclic) bond motifs is 1. The summed E-state index contributed by atoms with van der Waals surface area (Å²) in [6.45, 7) is 0.783. The normalized spacial score (nSPS) is 19.6. The molecule has 0 saturated heterocycles. The summed E-state index contributed by atoms with van der Waals surface area (Å²) in [7, 11) is 0. The minimum Gasteiger partial charge on any atom is -0.348 e. The van der Waals surface area contributed by atoms with Gasteiger partial charge >= 0.3 is 0 Å². The van der Waals surface area contributed by atoms with Gasteiger partial charge in [-0.2, -0.15) is 5.10 Å². The van der Waals surface area contributed by atoms with Crippen molar-refractivity contribution in [1.82, 2.24) is 15.1 Å². The molecule has 1 unspecified atom stereocenters. The molecule has 2 aliphatic carbocycles. The summed E-state index contributed by atoms with van der Waals surface area (Å²) in [5, 5.41) is 8.01. The van der Waals surface area contributed by atoms with Crippen LogP contribution in [0.1, 0.15) is 54.1 Å². The van der Waals surface area contributed by atoms with Crippen LogP contribution in [0.15, 0.2) is 66.9 Å². The van der Waals surface area contributed by atoms with Gasteiger partial charge in [-0.05, 0) is 43.2 Å². The molecule has 2 aliphatic rings. The average Bonchev–Trinajstić information content (AvgIpc) is 3.46. The van der Waals surface area contributed by atoms with Crippen molar-refractivity contribution in [2.75, 3.05) is 0 Å². The lowest BCUT2D eigenvalue weighted by atomic mass is 9.90. The maximum atomic E-state index is 13.2. The maximum absolute atomic E-state index is 13.2. The number of rotatable bonds is 5. The van der Waals surface area contributed by atoms with Gasteiger partial charge in [-0.3, -0.25) is 9.48 Å². The molecule has 1 aromatic heterocycles. The summed E-state index contributed by atoms with van der Waals surface area (Å²) >= 11 is 0. The standard InChI is InChI=1S/C24H25N3O/c28-23(24(14-15-24)19-10-5-2-6-11-19)26-21-12-7-13-22-20(21)16-25-27(22)17-18-8-3-1-4-9-18/h1-6,8-11,16,21H,7,12-15,17H2,(H,26,28). The van der Waals surface area contributed by atoms with E-state index >= 15 is 0 Å². The Bertz CT molecular complexity index is 974. The van der Waals surface area contributed by atoms with Gasteiger partial charge in [0.25, 0.3) is 0 Å². The lowest BCUT2D eigenvalue weighted by Crippen LogP contribution is -2.38. The first-order valence-electron chi connectivity index (χ1n) is 10.2. The molecule has 3 aromatic rings. The second kappa shape index (κ2) is 6.93. The molecule has 0 radical (unpaired) electrons. The summed E-state index contributed by atoms with van der Waals surface area (Å²) in [6, 6.07) is 20.7. The van der Waals surface area contributed by atoms with Gasteiger partial charge in [0.05, 0.1) is 24.2 Å². The highest BCUT2D eigenvalue weighted by molar-refractivity contribution is 5.91. The van der Waals surface area contributed by atoms with Crippen molar-refractivity contribution < 1.29 is 4.79 Å². The third-order valence-electron chi connectivity index (χ3n) is 6.25. The van der Waals surface area contributed by atoms with E-state index in [1.165, 1.54) is 16.8 Å². The second-order valence-electron chi connectivity index (χ2n) is 8.06. The fourth-order valence-corrected chi connectivity index (χ4v) is 4.49. The van der Waals surface area contributed by atoms with E-state index in [2.05, 4.69) is 51.5 Å². The van der Waals surface area contributed by atoms with Crippen molar-refractivity contribution in [3.8, 4) is 0 Å². The van der Waals surface area contributed by atoms with Crippen molar-refractivity contribution in [3.63, 3.8) is 0 Å². The van der Waals surface area contributed by atoms with Crippen LogP contribution in [-0.2, 0) is 23.2 Å². The van der Waals surface area contributed by atoms with E-state index in [0.29, 0.717) is 0 Å². The predicted molar refractivity (Wildman–Crippen MR) is 109 cm³/mol. The van der Waals surface area contributed by atoms with E-state index in [0.717, 1.165) is 44.2 Å². The molecule has 1 amide bonds. The minimum atomic E-state index is -0.321. The number of hydrogen-bond acceptors (Lipinski definition) is 2. The van der Waals surface area contributed by atoms with Gasteiger partial charge in [-0.1, -0.05) is 60.7 Å². The van der Waals surface area contributed by atoms with E-state index in [1.54, 1.807) is 0 Å². The van der Waals surface area contributed by atoms with E-state index < -0.39 is 0 Å². The van der Waals surface area contributed by atoms with E-state index in [9.17, 15) is 4.79 Å². The zero-order valence-electron chi connectivity index (χ0n) is 16.0. The van der Waals surface area contributed by atoms with Gasteiger partial charge in [0.2, 0.25) is 5.91 Å². The number of amides is 1. The van der Waals surface area contributed by atoms with E-state index in [1.807, 2.05) is 30.5 Å². The molecule has 1 N–H and O–H groups in total. The zero-order chi connectivity index (χ0) is 19.0. The van der Waals surface area contributed by atoms with Crippen LogP contribution in [0.2, 0.25) is 0 Å². The lowest BCUT2D eigenvalue weighted by Gasteiger charge is -2.26. The first-order chi connectivity index (χ1) is 13.8. The predicted octanol–water partition coefficient (Wildman–Crippen LogP) is 4.16. The molecule has 1 saturated carbocycles. The number of nitrogens with zero attached hydrogens (tertiary/aromatic N) is 2. The third-order valence-corrected chi connectivity index (χ3v) is 6.25. The van der Waals surface area contributed by atoms with Gasteiger partial charge in [0.15, 0.2) is 0 Å².